The van der Waals surface area contributed by atoms with Crippen molar-refractivity contribution in [2.75, 3.05) is 7.11 Å². The normalized spacial score (nSPS) is 10.3. The number of nitrogens with two attached hydrogens (primary N) is 1. The van der Waals surface area contributed by atoms with Crippen molar-refractivity contribution in [1.29, 1.82) is 0 Å². The number of aryl methyl sites for hydroxylation is 1. The molecule has 1 aromatic heterocycles. The van der Waals surface area contributed by atoms with Gasteiger partial charge in [-0.15, -0.1) is 0 Å². The molecule has 2 rings (SSSR count). The summed E-state index contributed by atoms with van der Waals surface area (Å²) < 4.78 is 5.11. The first kappa shape index (κ1) is 13.9. The lowest BCUT2D eigenvalue weighted by Gasteiger charge is -2.10. The number of ether oxygens (including phenoxy) is 1. The van der Waals surface area contributed by atoms with Gasteiger partial charge in [-0.3, -0.25) is 9.59 Å². The van der Waals surface area contributed by atoms with Gasteiger partial charge in [0.1, 0.15) is 11.3 Å². The molecule has 0 saturated heterocycles. The van der Waals surface area contributed by atoms with Crippen LogP contribution in [0.5, 0.6) is 5.75 Å². The summed E-state index contributed by atoms with van der Waals surface area (Å²) in [7, 11) is 1.59. The van der Waals surface area contributed by atoms with Gasteiger partial charge in [0.15, 0.2) is 0 Å². The molecule has 0 aliphatic heterocycles. The van der Waals surface area contributed by atoms with E-state index in [1.54, 1.807) is 13.2 Å². The SMILES string of the molecule is CCc1[nH]c(=O)c(C(N)=O)cc1-c1ccc(OC)cc1. The molecule has 1 amide bonds. The van der Waals surface area contributed by atoms with E-state index in [4.69, 9.17) is 10.5 Å². The molecule has 1 heterocycles. The van der Waals surface area contributed by atoms with Crippen LogP contribution in [0.4, 0.5) is 0 Å². The summed E-state index contributed by atoms with van der Waals surface area (Å²) in [4.78, 5) is 25.8. The fraction of sp³-hybridized carbons (Fsp3) is 0.200. The number of aromatic amines is 1. The van der Waals surface area contributed by atoms with Gasteiger partial charge in [0.05, 0.1) is 7.11 Å². The molecular formula is C15H16N2O3. The molecule has 1 aromatic carbocycles. The average Bonchev–Trinajstić information content (AvgIpc) is 2.46. The monoisotopic (exact) mass is 272 g/mol. The Balaban J connectivity index is 2.61. The molecule has 0 aliphatic carbocycles. The van der Waals surface area contributed by atoms with E-state index in [2.05, 4.69) is 4.98 Å². The number of benzene rings is 1. The van der Waals surface area contributed by atoms with Crippen molar-refractivity contribution in [1.82, 2.24) is 4.98 Å². The first-order valence-electron chi connectivity index (χ1n) is 6.27. The zero-order valence-corrected chi connectivity index (χ0v) is 11.4. The fourth-order valence-electron chi connectivity index (χ4n) is 2.06. The summed E-state index contributed by atoms with van der Waals surface area (Å²) >= 11 is 0. The Bertz CT molecular complexity index is 687. The van der Waals surface area contributed by atoms with Crippen molar-refractivity contribution in [3.63, 3.8) is 0 Å². The third kappa shape index (κ3) is 2.56. The zero-order chi connectivity index (χ0) is 14.7. The third-order valence-electron chi connectivity index (χ3n) is 3.14. The second kappa shape index (κ2) is 5.61. The van der Waals surface area contributed by atoms with Crippen LogP contribution in [-0.2, 0) is 6.42 Å². The molecule has 0 spiro atoms. The summed E-state index contributed by atoms with van der Waals surface area (Å²) in [5.41, 5.74) is 7.19. The van der Waals surface area contributed by atoms with Crippen LogP contribution in [0, 0.1) is 0 Å². The van der Waals surface area contributed by atoms with Crippen molar-refractivity contribution in [2.24, 2.45) is 5.73 Å². The molecule has 5 nitrogen and oxygen atoms in total. The van der Waals surface area contributed by atoms with E-state index < -0.39 is 11.5 Å². The number of hydrogen-bond donors (Lipinski definition) is 2. The van der Waals surface area contributed by atoms with Crippen LogP contribution in [0.1, 0.15) is 23.0 Å². The van der Waals surface area contributed by atoms with Gasteiger partial charge >= 0.3 is 0 Å². The van der Waals surface area contributed by atoms with Crippen LogP contribution in [0.2, 0.25) is 0 Å². The van der Waals surface area contributed by atoms with Crippen LogP contribution in [0.3, 0.4) is 0 Å². The van der Waals surface area contributed by atoms with Gasteiger partial charge in [0.2, 0.25) is 0 Å². The minimum Gasteiger partial charge on any atom is -0.497 e. The lowest BCUT2D eigenvalue weighted by molar-refractivity contribution is 0.0999. The number of rotatable bonds is 4. The molecule has 0 fully saturated rings. The second-order valence-electron chi connectivity index (χ2n) is 4.35. The van der Waals surface area contributed by atoms with Crippen LogP contribution < -0.4 is 16.0 Å². The molecular weight excluding hydrogens is 256 g/mol. The van der Waals surface area contributed by atoms with Crippen LogP contribution in [0.15, 0.2) is 35.1 Å². The molecule has 0 unspecified atom stereocenters. The Hall–Kier alpha value is -2.56. The maximum atomic E-state index is 11.7. The maximum Gasteiger partial charge on any atom is 0.261 e. The maximum absolute atomic E-state index is 11.7. The number of carbonyl (C=O) groups is 1. The number of carbonyl (C=O) groups excluding carboxylic acids is 1. The fourth-order valence-corrected chi connectivity index (χ4v) is 2.06. The van der Waals surface area contributed by atoms with Gasteiger partial charge in [-0.25, -0.2) is 0 Å². The van der Waals surface area contributed by atoms with Crippen molar-refractivity contribution in [3.05, 3.63) is 51.9 Å². The highest BCUT2D eigenvalue weighted by atomic mass is 16.5. The predicted octanol–water partition coefficient (Wildman–Crippen LogP) is 1.71. The minimum atomic E-state index is -0.733. The van der Waals surface area contributed by atoms with Crippen LogP contribution >= 0.6 is 0 Å². The smallest absolute Gasteiger partial charge is 0.261 e. The summed E-state index contributed by atoms with van der Waals surface area (Å²) in [6.45, 7) is 1.93. The highest BCUT2D eigenvalue weighted by Crippen LogP contribution is 2.25. The molecule has 5 heteroatoms. The van der Waals surface area contributed by atoms with Crippen LogP contribution in [0.25, 0.3) is 11.1 Å². The van der Waals surface area contributed by atoms with Gasteiger partial charge in [-0.2, -0.15) is 0 Å². The average molecular weight is 272 g/mol. The molecule has 0 saturated carbocycles. The molecule has 3 N–H and O–H groups in total. The Morgan fingerprint density at radius 3 is 2.45 bits per heavy atom. The van der Waals surface area contributed by atoms with Crippen molar-refractivity contribution >= 4 is 5.91 Å². The number of nitrogens with one attached hydrogen (secondary N) is 1. The number of hydrogen-bond acceptors (Lipinski definition) is 3. The Morgan fingerprint density at radius 2 is 1.95 bits per heavy atom. The molecule has 0 radical (unpaired) electrons. The first-order chi connectivity index (χ1) is 9.56. The van der Waals surface area contributed by atoms with Gasteiger partial charge in [-0.05, 0) is 30.2 Å². The van der Waals surface area contributed by atoms with Gasteiger partial charge in [-0.1, -0.05) is 19.1 Å². The number of amides is 1. The lowest BCUT2D eigenvalue weighted by atomic mass is 10.0. The van der Waals surface area contributed by atoms with E-state index in [1.165, 1.54) is 0 Å². The lowest BCUT2D eigenvalue weighted by Crippen LogP contribution is -2.24. The Morgan fingerprint density at radius 1 is 1.30 bits per heavy atom. The van der Waals surface area contributed by atoms with Crippen molar-refractivity contribution in [3.8, 4) is 16.9 Å². The minimum absolute atomic E-state index is 0.0342. The topological polar surface area (TPSA) is 85.2 Å². The highest BCUT2D eigenvalue weighted by Gasteiger charge is 2.13. The van der Waals surface area contributed by atoms with Crippen molar-refractivity contribution in [2.45, 2.75) is 13.3 Å². The van der Waals surface area contributed by atoms with Gasteiger partial charge in [0, 0.05) is 11.3 Å². The summed E-state index contributed by atoms with van der Waals surface area (Å²) in [6, 6.07) is 8.93. The van der Waals surface area contributed by atoms with E-state index in [9.17, 15) is 9.59 Å². The van der Waals surface area contributed by atoms with Crippen LogP contribution in [-0.4, -0.2) is 18.0 Å². The molecule has 20 heavy (non-hydrogen) atoms. The quantitative estimate of drug-likeness (QED) is 0.888. The predicted molar refractivity (Wildman–Crippen MR) is 76.9 cm³/mol. The number of pyridine rings is 1. The summed E-state index contributed by atoms with van der Waals surface area (Å²) in [6.07, 6.45) is 0.648. The van der Waals surface area contributed by atoms with E-state index in [0.717, 1.165) is 22.6 Å². The zero-order valence-electron chi connectivity index (χ0n) is 11.4. The largest absolute Gasteiger partial charge is 0.497 e. The molecule has 0 atom stereocenters. The summed E-state index contributed by atoms with van der Waals surface area (Å²) in [5, 5.41) is 0. The van der Waals surface area contributed by atoms with Gasteiger partial charge < -0.3 is 15.5 Å². The number of H-pyrrole nitrogens is 1. The highest BCUT2D eigenvalue weighted by molar-refractivity contribution is 5.93. The Labute approximate surface area is 116 Å². The Kier molecular flexibility index (Phi) is 3.89. The number of aromatic nitrogens is 1. The second-order valence-corrected chi connectivity index (χ2v) is 4.35. The standard InChI is InChI=1S/C15H16N2O3/c1-3-13-11(8-12(14(16)18)15(19)17-13)9-4-6-10(20-2)7-5-9/h4-8H,3H2,1-2H3,(H2,16,18)(H,17,19). The van der Waals surface area contributed by atoms with E-state index in [-0.39, 0.29) is 5.56 Å². The van der Waals surface area contributed by atoms with E-state index in [1.807, 2.05) is 31.2 Å². The molecule has 104 valence electrons. The molecule has 2 aromatic rings. The number of methoxy groups -OCH3 is 1. The first-order valence-corrected chi connectivity index (χ1v) is 6.27. The third-order valence-corrected chi connectivity index (χ3v) is 3.14. The molecule has 0 aliphatic rings. The van der Waals surface area contributed by atoms with Crippen molar-refractivity contribution < 1.29 is 9.53 Å². The molecule has 0 bridgehead atoms. The van der Waals surface area contributed by atoms with E-state index in [0.29, 0.717) is 6.42 Å². The van der Waals surface area contributed by atoms with Gasteiger partial charge in [0.25, 0.3) is 11.5 Å². The summed E-state index contributed by atoms with van der Waals surface area (Å²) in [5.74, 6) is 0.00927. The van der Waals surface area contributed by atoms with E-state index >= 15 is 0 Å². The number of primary amides is 1.